The van der Waals surface area contributed by atoms with Crippen LogP contribution < -0.4 is 10.2 Å². The SMILES string of the molecule is C[C@@H]1CN(c2nc3c(C(=O)NC4CC5CCCC(C4)N5C)cccc3o2)C[C@H](C)O1.Cl. The fourth-order valence-electron chi connectivity index (χ4n) is 5.59. The first-order valence-corrected chi connectivity index (χ1v) is 11.3. The molecular formula is C23H33ClN4O3. The molecule has 2 unspecified atom stereocenters. The zero-order valence-electron chi connectivity index (χ0n) is 18.5. The van der Waals surface area contributed by atoms with Crippen LogP contribution in [0.3, 0.4) is 0 Å². The second-order valence-corrected chi connectivity index (χ2v) is 9.36. The number of carbonyl (C=O) groups excluding carboxylic acids is 1. The van der Waals surface area contributed by atoms with Crippen molar-refractivity contribution in [3.8, 4) is 0 Å². The highest BCUT2D eigenvalue weighted by atomic mass is 35.5. The Balaban J connectivity index is 0.00000231. The summed E-state index contributed by atoms with van der Waals surface area (Å²) in [7, 11) is 2.23. The van der Waals surface area contributed by atoms with Gasteiger partial charge in [0.2, 0.25) is 0 Å². The molecule has 0 aliphatic carbocycles. The monoisotopic (exact) mass is 448 g/mol. The van der Waals surface area contributed by atoms with Gasteiger partial charge in [0.05, 0.1) is 17.8 Å². The van der Waals surface area contributed by atoms with Gasteiger partial charge in [0.1, 0.15) is 5.52 Å². The smallest absolute Gasteiger partial charge is 0.298 e. The average Bonchev–Trinajstić information content (AvgIpc) is 3.12. The number of hydrogen-bond acceptors (Lipinski definition) is 6. The molecule has 7 nitrogen and oxygen atoms in total. The number of fused-ring (bicyclic) bond motifs is 3. The van der Waals surface area contributed by atoms with Gasteiger partial charge in [0.15, 0.2) is 5.58 Å². The summed E-state index contributed by atoms with van der Waals surface area (Å²) in [5.41, 5.74) is 1.90. The molecule has 1 aromatic heterocycles. The molecule has 1 amide bonds. The van der Waals surface area contributed by atoms with E-state index < -0.39 is 0 Å². The lowest BCUT2D eigenvalue weighted by Gasteiger charge is -2.47. The predicted octanol–water partition coefficient (Wildman–Crippen LogP) is 3.61. The maximum absolute atomic E-state index is 13.2. The number of nitrogens with one attached hydrogen (secondary N) is 1. The van der Waals surface area contributed by atoms with Gasteiger partial charge in [-0.1, -0.05) is 12.5 Å². The Morgan fingerprint density at radius 3 is 2.48 bits per heavy atom. The predicted molar refractivity (Wildman–Crippen MR) is 123 cm³/mol. The Morgan fingerprint density at radius 2 is 1.81 bits per heavy atom. The quantitative estimate of drug-likeness (QED) is 0.773. The zero-order chi connectivity index (χ0) is 20.8. The number of aromatic nitrogens is 1. The van der Waals surface area contributed by atoms with E-state index in [0.29, 0.717) is 34.8 Å². The molecular weight excluding hydrogens is 416 g/mol. The largest absolute Gasteiger partial charge is 0.423 e. The molecule has 4 atom stereocenters. The normalized spacial score (nSPS) is 31.3. The maximum Gasteiger partial charge on any atom is 0.298 e. The summed E-state index contributed by atoms with van der Waals surface area (Å²) in [6.07, 6.45) is 6.08. The highest BCUT2D eigenvalue weighted by molar-refractivity contribution is 6.04. The highest BCUT2D eigenvalue weighted by Crippen LogP contribution is 2.33. The first-order chi connectivity index (χ1) is 14.5. The van der Waals surface area contributed by atoms with Crippen molar-refractivity contribution in [3.05, 3.63) is 23.8 Å². The Kier molecular flexibility index (Phi) is 6.47. The van der Waals surface area contributed by atoms with Gasteiger partial charge in [0.25, 0.3) is 11.9 Å². The molecule has 3 saturated heterocycles. The number of ether oxygens (including phenoxy) is 1. The number of piperidine rings is 2. The van der Waals surface area contributed by atoms with Gasteiger partial charge in [-0.3, -0.25) is 4.79 Å². The van der Waals surface area contributed by atoms with Gasteiger partial charge in [-0.05, 0) is 58.7 Å². The van der Waals surface area contributed by atoms with Crippen molar-refractivity contribution in [1.82, 2.24) is 15.2 Å². The Bertz CT molecular complexity index is 911. The number of carbonyl (C=O) groups is 1. The van der Waals surface area contributed by atoms with E-state index in [4.69, 9.17) is 14.1 Å². The molecule has 3 aliphatic rings. The summed E-state index contributed by atoms with van der Waals surface area (Å²) in [4.78, 5) is 22.5. The number of oxazole rings is 1. The lowest BCUT2D eigenvalue weighted by Crippen LogP contribution is -2.55. The van der Waals surface area contributed by atoms with Crippen molar-refractivity contribution in [1.29, 1.82) is 0 Å². The molecule has 0 spiro atoms. The molecule has 5 rings (SSSR count). The molecule has 3 aliphatic heterocycles. The van der Waals surface area contributed by atoms with Gasteiger partial charge in [-0.2, -0.15) is 4.98 Å². The van der Waals surface area contributed by atoms with Crippen LogP contribution in [0.4, 0.5) is 6.01 Å². The van der Waals surface area contributed by atoms with Crippen LogP contribution in [0.1, 0.15) is 56.3 Å². The number of para-hydroxylation sites is 1. The molecule has 0 radical (unpaired) electrons. The van der Waals surface area contributed by atoms with Crippen molar-refractivity contribution in [2.45, 2.75) is 76.3 Å². The molecule has 2 aromatic rings. The zero-order valence-corrected chi connectivity index (χ0v) is 19.4. The van der Waals surface area contributed by atoms with Crippen LogP contribution >= 0.6 is 12.4 Å². The van der Waals surface area contributed by atoms with E-state index in [2.05, 4.69) is 36.0 Å². The van der Waals surface area contributed by atoms with Crippen LogP contribution in [0.2, 0.25) is 0 Å². The second kappa shape index (κ2) is 8.96. The number of anilines is 1. The molecule has 2 bridgehead atoms. The Labute approximate surface area is 189 Å². The third-order valence-corrected chi connectivity index (χ3v) is 7.02. The number of morpholine rings is 1. The Morgan fingerprint density at radius 1 is 1.13 bits per heavy atom. The number of rotatable bonds is 3. The molecule has 4 heterocycles. The molecule has 3 fully saturated rings. The molecule has 8 heteroatoms. The molecule has 1 N–H and O–H groups in total. The first-order valence-electron chi connectivity index (χ1n) is 11.3. The van der Waals surface area contributed by atoms with Gasteiger partial charge in [0, 0.05) is 31.2 Å². The topological polar surface area (TPSA) is 70.8 Å². The van der Waals surface area contributed by atoms with Gasteiger partial charge in [-0.15, -0.1) is 12.4 Å². The maximum atomic E-state index is 13.2. The molecule has 31 heavy (non-hydrogen) atoms. The van der Waals surface area contributed by atoms with Crippen LogP contribution in [0.25, 0.3) is 11.1 Å². The standard InChI is InChI=1S/C23H32N4O3.ClH/c1-14-12-27(13-15(2)29-14)23-25-21-19(8-5-9-20(21)30-23)22(28)24-16-10-17-6-4-7-18(11-16)26(17)3;/h5,8-9,14-18H,4,6-7,10-13H2,1-3H3,(H,24,28);1H/t14-,15+,16?,17?,18?;. The van der Waals surface area contributed by atoms with Gasteiger partial charge in [-0.25, -0.2) is 0 Å². The average molecular weight is 449 g/mol. The van der Waals surface area contributed by atoms with Crippen molar-refractivity contribution < 1.29 is 13.9 Å². The number of amides is 1. The lowest BCUT2D eigenvalue weighted by atomic mass is 9.82. The minimum absolute atomic E-state index is 0. The van der Waals surface area contributed by atoms with Gasteiger partial charge < -0.3 is 24.3 Å². The van der Waals surface area contributed by atoms with Crippen molar-refractivity contribution >= 4 is 35.4 Å². The van der Waals surface area contributed by atoms with Crippen molar-refractivity contribution in [3.63, 3.8) is 0 Å². The number of nitrogens with zero attached hydrogens (tertiary/aromatic N) is 3. The number of halogens is 1. The van der Waals surface area contributed by atoms with E-state index in [0.717, 1.165) is 25.9 Å². The molecule has 0 saturated carbocycles. The summed E-state index contributed by atoms with van der Waals surface area (Å²) < 4.78 is 11.9. The van der Waals surface area contributed by atoms with Crippen molar-refractivity contribution in [2.75, 3.05) is 25.0 Å². The van der Waals surface area contributed by atoms with Crippen LogP contribution in [-0.4, -0.2) is 66.3 Å². The van der Waals surface area contributed by atoms with E-state index in [1.807, 2.05) is 18.2 Å². The Hall–Kier alpha value is -1.83. The van der Waals surface area contributed by atoms with E-state index in [9.17, 15) is 4.79 Å². The van der Waals surface area contributed by atoms with E-state index >= 15 is 0 Å². The van der Waals surface area contributed by atoms with Crippen LogP contribution in [0.15, 0.2) is 22.6 Å². The summed E-state index contributed by atoms with van der Waals surface area (Å²) in [5, 5.41) is 3.30. The van der Waals surface area contributed by atoms with Crippen LogP contribution in [-0.2, 0) is 4.74 Å². The number of benzene rings is 1. The molecule has 1 aromatic carbocycles. The minimum atomic E-state index is -0.0446. The summed E-state index contributed by atoms with van der Waals surface area (Å²) in [5.74, 6) is -0.0446. The summed E-state index contributed by atoms with van der Waals surface area (Å²) in [6.45, 7) is 5.58. The van der Waals surface area contributed by atoms with Crippen LogP contribution in [0, 0.1) is 0 Å². The lowest BCUT2D eigenvalue weighted by molar-refractivity contribution is -0.00662. The third kappa shape index (κ3) is 4.41. The highest BCUT2D eigenvalue weighted by Gasteiger charge is 2.36. The second-order valence-electron chi connectivity index (χ2n) is 9.36. The van der Waals surface area contributed by atoms with E-state index in [1.54, 1.807) is 0 Å². The molecule has 170 valence electrons. The minimum Gasteiger partial charge on any atom is -0.423 e. The van der Waals surface area contributed by atoms with E-state index in [1.165, 1.54) is 19.3 Å². The number of hydrogen-bond donors (Lipinski definition) is 1. The summed E-state index contributed by atoms with van der Waals surface area (Å²) >= 11 is 0. The summed E-state index contributed by atoms with van der Waals surface area (Å²) in [6, 6.07) is 7.58. The first kappa shape index (κ1) is 22.4. The van der Waals surface area contributed by atoms with E-state index in [-0.39, 0.29) is 36.6 Å². The fourth-order valence-corrected chi connectivity index (χ4v) is 5.59. The third-order valence-electron chi connectivity index (χ3n) is 7.02. The van der Waals surface area contributed by atoms with Crippen LogP contribution in [0.5, 0.6) is 0 Å². The fraction of sp³-hybridized carbons (Fsp3) is 0.652. The van der Waals surface area contributed by atoms with Crippen molar-refractivity contribution in [2.24, 2.45) is 0 Å². The van der Waals surface area contributed by atoms with Gasteiger partial charge >= 0.3 is 0 Å².